The number of benzene rings is 1. The second-order valence-electron chi connectivity index (χ2n) is 7.67. The fourth-order valence-electron chi connectivity index (χ4n) is 3.99. The molecule has 29 heavy (non-hydrogen) atoms. The number of hydrogen-bond donors (Lipinski definition) is 2. The number of carbonyl (C=O) groups is 2. The van der Waals surface area contributed by atoms with Crippen LogP contribution in [0.2, 0.25) is 0 Å². The number of nitrogens with one attached hydrogen (secondary N) is 2. The maximum Gasteiger partial charge on any atom is 0.251 e. The van der Waals surface area contributed by atoms with Crippen molar-refractivity contribution in [2.75, 3.05) is 24.6 Å². The van der Waals surface area contributed by atoms with Crippen molar-refractivity contribution in [1.29, 1.82) is 0 Å². The van der Waals surface area contributed by atoms with E-state index in [4.69, 9.17) is 4.74 Å². The zero-order chi connectivity index (χ0) is 20.2. The van der Waals surface area contributed by atoms with E-state index in [-0.39, 0.29) is 24.5 Å². The molecule has 1 aromatic heterocycles. The molecule has 0 bridgehead atoms. The summed E-state index contributed by atoms with van der Waals surface area (Å²) in [5.74, 6) is -0.415. The van der Waals surface area contributed by atoms with E-state index in [2.05, 4.69) is 51.7 Å². The quantitative estimate of drug-likeness (QED) is 0.825. The van der Waals surface area contributed by atoms with E-state index < -0.39 is 12.1 Å². The molecule has 0 unspecified atom stereocenters. The second kappa shape index (κ2) is 8.61. The highest BCUT2D eigenvalue weighted by Crippen LogP contribution is 2.24. The number of piperidine rings is 1. The highest BCUT2D eigenvalue weighted by molar-refractivity contribution is 5.86. The van der Waals surface area contributed by atoms with Crippen LogP contribution in [0.4, 0.5) is 5.69 Å². The molecule has 2 aliphatic rings. The average Bonchev–Trinajstić information content (AvgIpc) is 2.75. The first kappa shape index (κ1) is 19.4. The maximum absolute atomic E-state index is 12.9. The lowest BCUT2D eigenvalue weighted by molar-refractivity contribution is -0.148. The molecule has 0 saturated carbocycles. The second-order valence-corrected chi connectivity index (χ2v) is 7.67. The van der Waals surface area contributed by atoms with Gasteiger partial charge < -0.3 is 20.3 Å². The zero-order valence-corrected chi connectivity index (χ0v) is 16.5. The lowest BCUT2D eigenvalue weighted by atomic mass is 9.99. The molecular weight excluding hydrogens is 368 g/mol. The van der Waals surface area contributed by atoms with Crippen LogP contribution in [0.3, 0.4) is 0 Å². The molecule has 0 spiro atoms. The van der Waals surface area contributed by atoms with Crippen LogP contribution < -0.4 is 15.5 Å². The van der Waals surface area contributed by atoms with Crippen molar-refractivity contribution >= 4 is 17.5 Å². The SMILES string of the molecule is Cc1cccc(N2CCC(NC(=O)[C@H]3OCC(=O)N[C@@H]3c3cccnc3)CC2)c1. The number of aryl methyl sites for hydroxylation is 1. The van der Waals surface area contributed by atoms with Crippen molar-refractivity contribution in [3.05, 3.63) is 59.9 Å². The summed E-state index contributed by atoms with van der Waals surface area (Å²) in [4.78, 5) is 31.2. The third-order valence-electron chi connectivity index (χ3n) is 5.52. The van der Waals surface area contributed by atoms with Gasteiger partial charge in [0.1, 0.15) is 6.61 Å². The number of morpholine rings is 1. The van der Waals surface area contributed by atoms with Gasteiger partial charge in [-0.15, -0.1) is 0 Å². The van der Waals surface area contributed by atoms with Crippen molar-refractivity contribution in [2.45, 2.75) is 38.0 Å². The molecular formula is C22H26N4O3. The van der Waals surface area contributed by atoms with Crippen LogP contribution in [0.15, 0.2) is 48.8 Å². The number of carbonyl (C=O) groups excluding carboxylic acids is 2. The van der Waals surface area contributed by atoms with Gasteiger partial charge in [0.2, 0.25) is 5.91 Å². The van der Waals surface area contributed by atoms with Crippen LogP contribution in [0, 0.1) is 6.92 Å². The molecule has 2 fully saturated rings. The fourth-order valence-corrected chi connectivity index (χ4v) is 3.99. The lowest BCUT2D eigenvalue weighted by Gasteiger charge is -2.36. The Bertz CT molecular complexity index is 865. The molecule has 152 valence electrons. The van der Waals surface area contributed by atoms with Crippen LogP contribution >= 0.6 is 0 Å². The highest BCUT2D eigenvalue weighted by Gasteiger charge is 2.37. The van der Waals surface area contributed by atoms with Gasteiger partial charge in [-0.05, 0) is 49.1 Å². The standard InChI is InChI=1S/C22H26N4O3/c1-15-4-2-6-18(12-15)26-10-7-17(8-11-26)24-22(28)21-20(25-19(27)14-29-21)16-5-3-9-23-13-16/h2-6,9,12-13,17,20-21H,7-8,10-11,14H2,1H3,(H,24,28)(H,25,27)/t20-,21+/m1/s1. The van der Waals surface area contributed by atoms with E-state index in [1.807, 2.05) is 6.07 Å². The number of ether oxygens (including phenoxy) is 1. The highest BCUT2D eigenvalue weighted by atomic mass is 16.5. The summed E-state index contributed by atoms with van der Waals surface area (Å²) in [6.07, 6.45) is 4.30. The molecule has 2 aromatic rings. The molecule has 2 aliphatic heterocycles. The van der Waals surface area contributed by atoms with Gasteiger partial charge in [0.15, 0.2) is 6.10 Å². The minimum atomic E-state index is -0.758. The van der Waals surface area contributed by atoms with Crippen LogP contribution in [-0.2, 0) is 14.3 Å². The van der Waals surface area contributed by atoms with Gasteiger partial charge in [-0.1, -0.05) is 18.2 Å². The van der Waals surface area contributed by atoms with E-state index in [1.54, 1.807) is 18.5 Å². The van der Waals surface area contributed by atoms with E-state index in [9.17, 15) is 9.59 Å². The Hall–Kier alpha value is -2.93. The Labute approximate surface area is 170 Å². The van der Waals surface area contributed by atoms with Crippen LogP contribution in [0.5, 0.6) is 0 Å². The molecule has 3 heterocycles. The summed E-state index contributed by atoms with van der Waals surface area (Å²) in [6.45, 7) is 3.77. The van der Waals surface area contributed by atoms with E-state index in [0.29, 0.717) is 0 Å². The molecule has 2 saturated heterocycles. The first-order valence-electron chi connectivity index (χ1n) is 10.0. The Kier molecular flexibility index (Phi) is 5.76. The summed E-state index contributed by atoms with van der Waals surface area (Å²) in [7, 11) is 0. The smallest absolute Gasteiger partial charge is 0.251 e. The average molecular weight is 394 g/mol. The summed E-state index contributed by atoms with van der Waals surface area (Å²) in [5.41, 5.74) is 3.23. The number of amides is 2. The first-order valence-corrected chi connectivity index (χ1v) is 10.0. The molecule has 4 rings (SSSR count). The van der Waals surface area contributed by atoms with Gasteiger partial charge in [0, 0.05) is 37.2 Å². The Morgan fingerprint density at radius 2 is 2.07 bits per heavy atom. The van der Waals surface area contributed by atoms with Crippen molar-refractivity contribution in [1.82, 2.24) is 15.6 Å². The van der Waals surface area contributed by atoms with Crippen LogP contribution in [0.1, 0.15) is 30.0 Å². The molecule has 7 heteroatoms. The van der Waals surface area contributed by atoms with E-state index in [1.165, 1.54) is 11.3 Å². The van der Waals surface area contributed by atoms with Gasteiger partial charge in [-0.2, -0.15) is 0 Å². The Morgan fingerprint density at radius 3 is 2.79 bits per heavy atom. The first-order chi connectivity index (χ1) is 14.1. The summed E-state index contributed by atoms with van der Waals surface area (Å²) < 4.78 is 5.60. The van der Waals surface area contributed by atoms with Gasteiger partial charge in [-0.3, -0.25) is 14.6 Å². The molecule has 2 N–H and O–H groups in total. The largest absolute Gasteiger partial charge is 0.371 e. The van der Waals surface area contributed by atoms with Crippen molar-refractivity contribution in [3.8, 4) is 0 Å². The lowest BCUT2D eigenvalue weighted by Crippen LogP contribution is -2.55. The predicted octanol–water partition coefficient (Wildman–Crippen LogP) is 1.73. The molecule has 7 nitrogen and oxygen atoms in total. The molecule has 1 aromatic carbocycles. The summed E-state index contributed by atoms with van der Waals surface area (Å²) in [6, 6.07) is 11.7. The number of anilines is 1. The molecule has 0 radical (unpaired) electrons. The van der Waals surface area contributed by atoms with Crippen LogP contribution in [-0.4, -0.2) is 48.6 Å². The van der Waals surface area contributed by atoms with Gasteiger partial charge in [0.05, 0.1) is 6.04 Å². The Balaban J connectivity index is 1.37. The molecule has 0 aliphatic carbocycles. The molecule has 2 atom stereocenters. The number of aromatic nitrogens is 1. The monoisotopic (exact) mass is 394 g/mol. The third kappa shape index (κ3) is 4.56. The number of nitrogens with zero attached hydrogens (tertiary/aromatic N) is 2. The predicted molar refractivity (Wildman–Crippen MR) is 109 cm³/mol. The third-order valence-corrected chi connectivity index (χ3v) is 5.52. The summed E-state index contributed by atoms with van der Waals surface area (Å²) >= 11 is 0. The normalized spacial score (nSPS) is 22.8. The summed E-state index contributed by atoms with van der Waals surface area (Å²) in [5, 5.41) is 5.99. The number of rotatable bonds is 4. The Morgan fingerprint density at radius 1 is 1.24 bits per heavy atom. The van der Waals surface area contributed by atoms with E-state index in [0.717, 1.165) is 31.5 Å². The van der Waals surface area contributed by atoms with Gasteiger partial charge >= 0.3 is 0 Å². The zero-order valence-electron chi connectivity index (χ0n) is 16.5. The number of pyridine rings is 1. The van der Waals surface area contributed by atoms with Crippen molar-refractivity contribution in [2.24, 2.45) is 0 Å². The van der Waals surface area contributed by atoms with Gasteiger partial charge in [0.25, 0.3) is 5.91 Å². The minimum absolute atomic E-state index is 0.0966. The van der Waals surface area contributed by atoms with Gasteiger partial charge in [-0.25, -0.2) is 0 Å². The van der Waals surface area contributed by atoms with Crippen molar-refractivity contribution in [3.63, 3.8) is 0 Å². The van der Waals surface area contributed by atoms with E-state index >= 15 is 0 Å². The minimum Gasteiger partial charge on any atom is -0.371 e. The molecule has 2 amide bonds. The topological polar surface area (TPSA) is 83.6 Å². The van der Waals surface area contributed by atoms with Crippen LogP contribution in [0.25, 0.3) is 0 Å². The fraction of sp³-hybridized carbons (Fsp3) is 0.409. The van der Waals surface area contributed by atoms with Crippen molar-refractivity contribution < 1.29 is 14.3 Å². The number of hydrogen-bond acceptors (Lipinski definition) is 5. The maximum atomic E-state index is 12.9.